The van der Waals surface area contributed by atoms with Crippen molar-refractivity contribution in [3.05, 3.63) is 34.4 Å². The number of hydrogen-bond donors (Lipinski definition) is 4. The fraction of sp³-hybridized carbons (Fsp3) is 0.556. The quantitative estimate of drug-likeness (QED) is 0.180. The van der Waals surface area contributed by atoms with Crippen LogP contribution in [0.25, 0.3) is 0 Å². The molecule has 30 heavy (non-hydrogen) atoms. The molecule has 1 aromatic rings. The van der Waals surface area contributed by atoms with Gasteiger partial charge in [-0.25, -0.2) is 9.59 Å². The van der Waals surface area contributed by atoms with Gasteiger partial charge in [-0.3, -0.25) is 0 Å². The summed E-state index contributed by atoms with van der Waals surface area (Å²) in [5, 5.41) is 35.9. The number of carboxylic acids is 2. The summed E-state index contributed by atoms with van der Waals surface area (Å²) in [5.74, 6) is -2.51. The Kier molecular flexibility index (Phi) is 13.5. The van der Waals surface area contributed by atoms with Crippen LogP contribution in [0, 0.1) is 0 Å². The molecule has 0 unspecified atom stereocenters. The molecule has 1 rings (SSSR count). The molecule has 0 saturated carbocycles. The van der Waals surface area contributed by atoms with E-state index < -0.39 is 25.5 Å². The molecule has 0 radical (unpaired) electrons. The average molecular weight is 434 g/mol. The lowest BCUT2D eigenvalue weighted by Crippen LogP contribution is -2.15. The van der Waals surface area contributed by atoms with Crippen LogP contribution in [-0.2, 0) is 41.3 Å². The summed E-state index contributed by atoms with van der Waals surface area (Å²) in [6.07, 6.45) is 0.309. The summed E-state index contributed by atoms with van der Waals surface area (Å²) in [5.41, 5.74) is 0.345. The van der Waals surface area contributed by atoms with Crippen molar-refractivity contribution in [1.82, 2.24) is 0 Å². The van der Waals surface area contributed by atoms with Crippen LogP contribution in [0.5, 0.6) is 0 Å². The third-order valence-corrected chi connectivity index (χ3v) is 3.65. The largest absolute Gasteiger partial charge is 0.478 e. The minimum atomic E-state index is -1.26. The van der Waals surface area contributed by atoms with Gasteiger partial charge in [0.05, 0.1) is 24.3 Å². The van der Waals surface area contributed by atoms with E-state index >= 15 is 0 Å². The van der Waals surface area contributed by atoms with Gasteiger partial charge in [0.1, 0.15) is 27.2 Å². The average Bonchev–Trinajstić information content (AvgIpc) is 2.72. The maximum absolute atomic E-state index is 11.6. The number of hydrogen-bond acceptors (Lipinski definition) is 10. The highest BCUT2D eigenvalue weighted by atomic mass is 16.8. The van der Waals surface area contributed by atoms with Gasteiger partial charge in [-0.2, -0.15) is 0 Å². The summed E-state index contributed by atoms with van der Waals surface area (Å²) < 4.78 is 29.3. The number of aliphatic hydroxyl groups excluding tert-OH is 2. The number of benzene rings is 1. The summed E-state index contributed by atoms with van der Waals surface area (Å²) in [4.78, 5) is 23.3. The van der Waals surface area contributed by atoms with Gasteiger partial charge in [-0.1, -0.05) is 0 Å². The summed E-state index contributed by atoms with van der Waals surface area (Å²) in [6, 6.07) is 2.80. The van der Waals surface area contributed by atoms with Crippen LogP contribution >= 0.6 is 0 Å². The lowest BCUT2D eigenvalue weighted by molar-refractivity contribution is -0.157. The van der Waals surface area contributed by atoms with Crippen LogP contribution in [0.15, 0.2) is 12.1 Å². The standard InChI is InChI=1S/C18H26O12/c19-7-27-11-29-9-25-3-1-13-5-15(17(21)22)14(16(6-13)18(23)24)2-4-26-10-30-12-28-8-20/h5-6,19-20H,1-4,7-12H2,(H,21,22)(H,23,24). The van der Waals surface area contributed by atoms with E-state index in [1.165, 1.54) is 12.1 Å². The first kappa shape index (κ1) is 25.9. The smallest absolute Gasteiger partial charge is 0.335 e. The molecule has 0 aromatic heterocycles. The van der Waals surface area contributed by atoms with Crippen molar-refractivity contribution in [2.24, 2.45) is 0 Å². The van der Waals surface area contributed by atoms with Crippen LogP contribution in [0.2, 0.25) is 0 Å². The molecule has 0 amide bonds. The number of carbonyl (C=O) groups is 2. The number of aromatic carboxylic acids is 2. The highest BCUT2D eigenvalue weighted by molar-refractivity contribution is 5.97. The monoisotopic (exact) mass is 434 g/mol. The summed E-state index contributed by atoms with van der Waals surface area (Å²) in [7, 11) is 0. The Morgan fingerprint density at radius 3 is 1.53 bits per heavy atom. The topological polar surface area (TPSA) is 170 Å². The molecule has 0 bridgehead atoms. The van der Waals surface area contributed by atoms with E-state index in [-0.39, 0.29) is 69.9 Å². The zero-order chi connectivity index (χ0) is 22.2. The number of ether oxygens (including phenoxy) is 6. The Morgan fingerprint density at radius 2 is 1.10 bits per heavy atom. The number of rotatable bonds is 18. The zero-order valence-corrected chi connectivity index (χ0v) is 16.3. The lowest BCUT2D eigenvalue weighted by Gasteiger charge is -2.14. The molecule has 0 aliphatic rings. The molecular formula is C18H26O12. The SMILES string of the molecule is O=C(O)c1cc(CCOCOCOCO)cc(C(=O)O)c1CCOCOCOCO. The fourth-order valence-corrected chi connectivity index (χ4v) is 2.39. The summed E-state index contributed by atoms with van der Waals surface area (Å²) >= 11 is 0. The molecule has 12 nitrogen and oxygen atoms in total. The van der Waals surface area contributed by atoms with E-state index in [2.05, 4.69) is 9.47 Å². The first-order valence-electron chi connectivity index (χ1n) is 8.81. The molecule has 0 fully saturated rings. The van der Waals surface area contributed by atoms with Crippen molar-refractivity contribution < 1.29 is 58.4 Å². The second kappa shape index (κ2) is 15.6. The Balaban J connectivity index is 2.69. The molecular weight excluding hydrogens is 408 g/mol. The maximum Gasteiger partial charge on any atom is 0.335 e. The molecule has 1 aromatic carbocycles. The summed E-state index contributed by atoms with van der Waals surface area (Å²) in [6.45, 7) is -1.36. The number of carboxylic acid groups (broad SMARTS) is 2. The van der Waals surface area contributed by atoms with Gasteiger partial charge in [0.2, 0.25) is 0 Å². The van der Waals surface area contributed by atoms with Gasteiger partial charge >= 0.3 is 11.9 Å². The highest BCUT2D eigenvalue weighted by Crippen LogP contribution is 2.20. The van der Waals surface area contributed by atoms with Gasteiger partial charge in [-0.15, -0.1) is 0 Å². The Labute approximate surface area is 172 Å². The first-order chi connectivity index (χ1) is 14.5. The predicted octanol–water partition coefficient (Wildman–Crippen LogP) is -0.00280. The molecule has 0 saturated heterocycles. The van der Waals surface area contributed by atoms with Crippen molar-refractivity contribution in [2.45, 2.75) is 12.8 Å². The fourth-order valence-electron chi connectivity index (χ4n) is 2.39. The van der Waals surface area contributed by atoms with E-state index in [0.29, 0.717) is 5.56 Å². The normalized spacial score (nSPS) is 11.0. The van der Waals surface area contributed by atoms with E-state index in [1.54, 1.807) is 0 Å². The second-order valence-corrected chi connectivity index (χ2v) is 5.64. The van der Waals surface area contributed by atoms with Gasteiger partial charge in [0.25, 0.3) is 0 Å². The van der Waals surface area contributed by atoms with E-state index in [1.807, 2.05) is 0 Å². The van der Waals surface area contributed by atoms with E-state index in [0.717, 1.165) is 0 Å². The molecule has 0 spiro atoms. The van der Waals surface area contributed by atoms with Crippen molar-refractivity contribution >= 4 is 11.9 Å². The van der Waals surface area contributed by atoms with Crippen molar-refractivity contribution in [3.63, 3.8) is 0 Å². The van der Waals surface area contributed by atoms with Crippen LogP contribution < -0.4 is 0 Å². The van der Waals surface area contributed by atoms with E-state index in [4.69, 9.17) is 29.2 Å². The molecule has 170 valence electrons. The van der Waals surface area contributed by atoms with Crippen molar-refractivity contribution in [3.8, 4) is 0 Å². The molecule has 12 heteroatoms. The van der Waals surface area contributed by atoms with Gasteiger partial charge in [0, 0.05) is 0 Å². The maximum atomic E-state index is 11.6. The highest BCUT2D eigenvalue weighted by Gasteiger charge is 2.20. The minimum Gasteiger partial charge on any atom is -0.478 e. The zero-order valence-electron chi connectivity index (χ0n) is 16.3. The van der Waals surface area contributed by atoms with Crippen molar-refractivity contribution in [2.75, 3.05) is 54.0 Å². The Hall–Kier alpha value is -2.16. The van der Waals surface area contributed by atoms with E-state index in [9.17, 15) is 19.8 Å². The second-order valence-electron chi connectivity index (χ2n) is 5.64. The van der Waals surface area contributed by atoms with Crippen LogP contribution in [0.1, 0.15) is 31.8 Å². The molecule has 0 heterocycles. The van der Waals surface area contributed by atoms with Crippen LogP contribution in [0.3, 0.4) is 0 Å². The third-order valence-electron chi connectivity index (χ3n) is 3.65. The molecule has 0 aliphatic carbocycles. The van der Waals surface area contributed by atoms with Crippen LogP contribution in [-0.4, -0.2) is 86.3 Å². The Bertz CT molecular complexity index is 613. The predicted molar refractivity (Wildman–Crippen MR) is 97.7 cm³/mol. The van der Waals surface area contributed by atoms with Gasteiger partial charge in [0.15, 0.2) is 13.6 Å². The van der Waals surface area contributed by atoms with Crippen molar-refractivity contribution in [1.29, 1.82) is 0 Å². The first-order valence-corrected chi connectivity index (χ1v) is 8.81. The van der Waals surface area contributed by atoms with Crippen LogP contribution in [0.4, 0.5) is 0 Å². The number of aliphatic hydroxyl groups is 2. The molecule has 0 aliphatic heterocycles. The molecule has 4 N–H and O–H groups in total. The van der Waals surface area contributed by atoms with Gasteiger partial charge in [-0.05, 0) is 36.1 Å². The minimum absolute atomic E-state index is 0.0232. The van der Waals surface area contributed by atoms with Gasteiger partial charge < -0.3 is 48.8 Å². The Morgan fingerprint density at radius 1 is 0.667 bits per heavy atom. The third kappa shape index (κ3) is 10.0. The molecule has 0 atom stereocenters. The lowest BCUT2D eigenvalue weighted by atomic mass is 9.94.